The Morgan fingerprint density at radius 1 is 1.20 bits per heavy atom. The van der Waals surface area contributed by atoms with E-state index in [0.717, 1.165) is 12.7 Å². The normalized spacial score (nSPS) is 13.3. The summed E-state index contributed by atoms with van der Waals surface area (Å²) in [5.74, 6) is -1.45. The van der Waals surface area contributed by atoms with Gasteiger partial charge in [-0.25, -0.2) is 9.59 Å². The van der Waals surface area contributed by atoms with Crippen LogP contribution in [0.15, 0.2) is 30.3 Å². The second kappa shape index (κ2) is 9.03. The maximum Gasteiger partial charge on any atom is 0.408 e. The number of esters is 1. The highest BCUT2D eigenvalue weighted by Gasteiger charge is 2.35. The molecule has 0 aliphatic carbocycles. The van der Waals surface area contributed by atoms with Crippen molar-refractivity contribution in [3.05, 3.63) is 35.9 Å². The number of ether oxygens (including phenoxy) is 2. The van der Waals surface area contributed by atoms with Crippen molar-refractivity contribution in [3.8, 4) is 0 Å². The molecule has 0 fully saturated rings. The van der Waals surface area contributed by atoms with Gasteiger partial charge in [0.15, 0.2) is 6.04 Å². The lowest BCUT2D eigenvalue weighted by Gasteiger charge is -2.28. The zero-order valence-electron chi connectivity index (χ0n) is 14.7. The number of rotatable bonds is 7. The van der Waals surface area contributed by atoms with E-state index in [1.807, 2.05) is 18.2 Å². The van der Waals surface area contributed by atoms with Crippen molar-refractivity contribution in [2.75, 3.05) is 7.11 Å². The fraction of sp³-hybridized carbons (Fsp3) is 0.471. The molecular formula is C17H24N2O6. The van der Waals surface area contributed by atoms with E-state index >= 15 is 0 Å². The third-order valence-corrected chi connectivity index (χ3v) is 3.42. The van der Waals surface area contributed by atoms with Crippen LogP contribution in [0.4, 0.5) is 4.79 Å². The van der Waals surface area contributed by atoms with Crippen LogP contribution in [0.25, 0.3) is 0 Å². The summed E-state index contributed by atoms with van der Waals surface area (Å²) < 4.78 is 9.59. The summed E-state index contributed by atoms with van der Waals surface area (Å²) >= 11 is 0. The van der Waals surface area contributed by atoms with E-state index in [9.17, 15) is 19.5 Å². The molecule has 0 saturated carbocycles. The molecule has 0 saturated heterocycles. The predicted octanol–water partition coefficient (Wildman–Crippen LogP) is 0.730. The van der Waals surface area contributed by atoms with Gasteiger partial charge in [0, 0.05) is 0 Å². The fourth-order valence-corrected chi connectivity index (χ4v) is 1.90. The molecule has 2 atom stereocenters. The highest BCUT2D eigenvalue weighted by atomic mass is 16.5. The van der Waals surface area contributed by atoms with Gasteiger partial charge >= 0.3 is 12.1 Å². The van der Waals surface area contributed by atoms with Gasteiger partial charge in [-0.1, -0.05) is 30.3 Å². The smallest absolute Gasteiger partial charge is 0.408 e. The van der Waals surface area contributed by atoms with Gasteiger partial charge in [0.25, 0.3) is 0 Å². The van der Waals surface area contributed by atoms with Gasteiger partial charge in [-0.15, -0.1) is 0 Å². The molecule has 2 amide bonds. The average molecular weight is 352 g/mol. The number of hydrogen-bond donors (Lipinski definition) is 3. The van der Waals surface area contributed by atoms with E-state index < -0.39 is 35.7 Å². The number of alkyl carbamates (subject to hydrolysis) is 1. The summed E-state index contributed by atoms with van der Waals surface area (Å²) in [5, 5.41) is 14.4. The minimum absolute atomic E-state index is 0.0584. The van der Waals surface area contributed by atoms with Crippen LogP contribution in [-0.2, 0) is 25.7 Å². The zero-order valence-corrected chi connectivity index (χ0v) is 14.7. The van der Waals surface area contributed by atoms with Gasteiger partial charge in [-0.2, -0.15) is 0 Å². The minimum atomic E-state index is -1.37. The van der Waals surface area contributed by atoms with Gasteiger partial charge in [-0.3, -0.25) is 4.79 Å². The largest absolute Gasteiger partial charge is 0.467 e. The Hall–Kier alpha value is -2.61. The molecule has 0 aromatic heterocycles. The molecule has 138 valence electrons. The third kappa shape index (κ3) is 6.42. The first kappa shape index (κ1) is 20.4. The van der Waals surface area contributed by atoms with E-state index in [-0.39, 0.29) is 6.61 Å². The zero-order chi connectivity index (χ0) is 19.0. The SMILES string of the molecule is COC(=O)[C@@H](NC(=O)C(C)(C)NC(=O)OCc1ccccc1)[C@@H](C)O. The summed E-state index contributed by atoms with van der Waals surface area (Å²) in [4.78, 5) is 35.8. The number of amides is 2. The Balaban J connectivity index is 2.61. The van der Waals surface area contributed by atoms with Crippen LogP contribution < -0.4 is 10.6 Å². The molecule has 0 aliphatic heterocycles. The third-order valence-electron chi connectivity index (χ3n) is 3.42. The second-order valence-corrected chi connectivity index (χ2v) is 6.03. The number of nitrogens with one attached hydrogen (secondary N) is 2. The number of carbonyl (C=O) groups is 3. The molecule has 1 rings (SSSR count). The van der Waals surface area contributed by atoms with Crippen molar-refractivity contribution in [3.63, 3.8) is 0 Å². The molecule has 1 aromatic carbocycles. The van der Waals surface area contributed by atoms with Gasteiger partial charge < -0.3 is 25.2 Å². The monoisotopic (exact) mass is 352 g/mol. The fourth-order valence-electron chi connectivity index (χ4n) is 1.90. The maximum atomic E-state index is 12.3. The number of aliphatic hydroxyl groups is 1. The first-order valence-corrected chi connectivity index (χ1v) is 7.73. The highest BCUT2D eigenvalue weighted by molar-refractivity contribution is 5.92. The van der Waals surface area contributed by atoms with Crippen molar-refractivity contribution >= 4 is 18.0 Å². The molecule has 0 bridgehead atoms. The number of methoxy groups -OCH3 is 1. The summed E-state index contributed by atoms with van der Waals surface area (Å²) in [6.07, 6.45) is -1.94. The number of carbonyl (C=O) groups excluding carboxylic acids is 3. The summed E-state index contributed by atoms with van der Waals surface area (Å²) in [5.41, 5.74) is -0.561. The first-order valence-electron chi connectivity index (χ1n) is 7.73. The number of hydrogen-bond acceptors (Lipinski definition) is 6. The van der Waals surface area contributed by atoms with Crippen LogP contribution in [0.2, 0.25) is 0 Å². The van der Waals surface area contributed by atoms with Crippen LogP contribution in [0.3, 0.4) is 0 Å². The molecule has 0 radical (unpaired) electrons. The standard InChI is InChI=1S/C17H24N2O6/c1-11(20)13(14(21)24-4)18-15(22)17(2,3)19-16(23)25-10-12-8-6-5-7-9-12/h5-9,11,13,20H,10H2,1-4H3,(H,18,22)(H,19,23)/t11-,13+/m1/s1. The number of aliphatic hydroxyl groups excluding tert-OH is 1. The lowest BCUT2D eigenvalue weighted by Crippen LogP contribution is -2.59. The molecule has 0 aliphatic rings. The Bertz CT molecular complexity index is 600. The van der Waals surface area contributed by atoms with Crippen molar-refractivity contribution < 1.29 is 29.0 Å². The Kier molecular flexibility index (Phi) is 7.38. The molecule has 8 nitrogen and oxygen atoms in total. The average Bonchev–Trinajstić information content (AvgIpc) is 2.57. The summed E-state index contributed by atoms with van der Waals surface area (Å²) in [6, 6.07) is 7.84. The molecule has 0 spiro atoms. The van der Waals surface area contributed by atoms with Gasteiger partial charge in [0.1, 0.15) is 12.1 Å². The van der Waals surface area contributed by atoms with Crippen LogP contribution >= 0.6 is 0 Å². The molecule has 1 aromatic rings. The van der Waals surface area contributed by atoms with Gasteiger partial charge in [-0.05, 0) is 26.3 Å². The van der Waals surface area contributed by atoms with Gasteiger partial charge in [0.05, 0.1) is 13.2 Å². The van der Waals surface area contributed by atoms with Crippen LogP contribution in [-0.4, -0.2) is 47.9 Å². The van der Waals surface area contributed by atoms with E-state index in [1.165, 1.54) is 20.8 Å². The number of benzene rings is 1. The van der Waals surface area contributed by atoms with E-state index in [4.69, 9.17) is 4.74 Å². The van der Waals surface area contributed by atoms with E-state index in [2.05, 4.69) is 15.4 Å². The highest BCUT2D eigenvalue weighted by Crippen LogP contribution is 2.07. The molecule has 0 unspecified atom stereocenters. The quantitative estimate of drug-likeness (QED) is 0.624. The van der Waals surface area contributed by atoms with Crippen LogP contribution in [0.5, 0.6) is 0 Å². The Morgan fingerprint density at radius 2 is 1.80 bits per heavy atom. The Morgan fingerprint density at radius 3 is 2.32 bits per heavy atom. The van der Waals surface area contributed by atoms with Crippen molar-refractivity contribution in [2.45, 2.75) is 45.1 Å². The van der Waals surface area contributed by atoms with E-state index in [0.29, 0.717) is 0 Å². The maximum absolute atomic E-state index is 12.3. The molecular weight excluding hydrogens is 328 g/mol. The molecule has 25 heavy (non-hydrogen) atoms. The first-order chi connectivity index (χ1) is 11.7. The van der Waals surface area contributed by atoms with Crippen molar-refractivity contribution in [1.29, 1.82) is 0 Å². The lowest BCUT2D eigenvalue weighted by atomic mass is 10.0. The molecule has 3 N–H and O–H groups in total. The van der Waals surface area contributed by atoms with E-state index in [1.54, 1.807) is 12.1 Å². The van der Waals surface area contributed by atoms with Crippen LogP contribution in [0.1, 0.15) is 26.3 Å². The predicted molar refractivity (Wildman–Crippen MR) is 89.5 cm³/mol. The van der Waals surface area contributed by atoms with Gasteiger partial charge in [0.2, 0.25) is 5.91 Å². The Labute approximate surface area is 146 Å². The topological polar surface area (TPSA) is 114 Å². The second-order valence-electron chi connectivity index (χ2n) is 6.03. The molecule has 0 heterocycles. The minimum Gasteiger partial charge on any atom is -0.467 e. The van der Waals surface area contributed by atoms with Crippen LogP contribution in [0, 0.1) is 0 Å². The lowest BCUT2D eigenvalue weighted by molar-refractivity contribution is -0.148. The molecule has 8 heteroatoms. The summed E-state index contributed by atoms with van der Waals surface area (Å²) in [6.45, 7) is 4.30. The van der Waals surface area contributed by atoms with Crippen molar-refractivity contribution in [2.24, 2.45) is 0 Å². The van der Waals surface area contributed by atoms with Crippen molar-refractivity contribution in [1.82, 2.24) is 10.6 Å². The summed E-state index contributed by atoms with van der Waals surface area (Å²) in [7, 11) is 1.15.